The quantitative estimate of drug-likeness (QED) is 0.789. The molecule has 2 saturated carbocycles. The van der Waals surface area contributed by atoms with Crippen molar-refractivity contribution in [3.05, 3.63) is 0 Å². The molecule has 2 aliphatic rings. The third-order valence-corrected chi connectivity index (χ3v) is 4.42. The van der Waals surface area contributed by atoms with Gasteiger partial charge in [0.2, 0.25) is 0 Å². The number of rotatable bonds is 6. The molecule has 0 radical (unpaired) electrons. The number of amides is 1. The Morgan fingerprint density at radius 3 is 2.38 bits per heavy atom. The number of nitrogens with one attached hydrogen (secondary N) is 2. The van der Waals surface area contributed by atoms with Crippen LogP contribution in [0.25, 0.3) is 0 Å². The largest absolute Gasteiger partial charge is 0.444 e. The summed E-state index contributed by atoms with van der Waals surface area (Å²) in [6.45, 7) is 7.68. The van der Waals surface area contributed by atoms with Gasteiger partial charge in [-0.2, -0.15) is 0 Å². The van der Waals surface area contributed by atoms with Gasteiger partial charge in [-0.25, -0.2) is 4.79 Å². The lowest BCUT2D eigenvalue weighted by atomic mass is 9.89. The zero-order valence-corrected chi connectivity index (χ0v) is 13.9. The van der Waals surface area contributed by atoms with Crippen molar-refractivity contribution in [1.29, 1.82) is 0 Å². The van der Waals surface area contributed by atoms with Crippen molar-refractivity contribution in [3.8, 4) is 0 Å². The average Bonchev–Trinajstić information content (AvgIpc) is 3.21. The molecule has 0 aromatic rings. The van der Waals surface area contributed by atoms with Crippen LogP contribution in [0.5, 0.6) is 0 Å². The standard InChI is InChI=1S/C17H32N2O2/c1-17(2,3)21-16(20)19-15(14-9-10-14)12-18-11-13-7-5-4-6-8-13/h13-15,18H,4-12H2,1-3H3,(H,19,20). The summed E-state index contributed by atoms with van der Waals surface area (Å²) in [5.41, 5.74) is -0.423. The molecular formula is C17H32N2O2. The molecule has 0 heterocycles. The minimum absolute atomic E-state index is 0.225. The van der Waals surface area contributed by atoms with Gasteiger partial charge in [0.1, 0.15) is 5.60 Å². The first-order valence-electron chi connectivity index (χ1n) is 8.64. The summed E-state index contributed by atoms with van der Waals surface area (Å²) in [4.78, 5) is 11.9. The molecular weight excluding hydrogens is 264 g/mol. The highest BCUT2D eigenvalue weighted by Crippen LogP contribution is 2.32. The first kappa shape index (κ1) is 16.6. The van der Waals surface area contributed by atoms with Gasteiger partial charge in [-0.05, 0) is 64.8 Å². The molecule has 0 spiro atoms. The Labute approximate surface area is 129 Å². The maximum Gasteiger partial charge on any atom is 0.407 e. The Morgan fingerprint density at radius 2 is 1.81 bits per heavy atom. The van der Waals surface area contributed by atoms with Crippen LogP contribution < -0.4 is 10.6 Å². The van der Waals surface area contributed by atoms with Crippen LogP contribution in [0.2, 0.25) is 0 Å². The van der Waals surface area contributed by atoms with Crippen molar-refractivity contribution < 1.29 is 9.53 Å². The van der Waals surface area contributed by atoms with Crippen LogP contribution in [0.4, 0.5) is 4.79 Å². The van der Waals surface area contributed by atoms with Crippen LogP contribution in [-0.4, -0.2) is 30.8 Å². The van der Waals surface area contributed by atoms with Gasteiger partial charge in [-0.3, -0.25) is 0 Å². The lowest BCUT2D eigenvalue weighted by molar-refractivity contribution is 0.0497. The molecule has 2 rings (SSSR count). The van der Waals surface area contributed by atoms with Crippen molar-refractivity contribution in [3.63, 3.8) is 0 Å². The zero-order valence-electron chi connectivity index (χ0n) is 13.9. The molecule has 4 heteroatoms. The van der Waals surface area contributed by atoms with Gasteiger partial charge in [0.05, 0.1) is 0 Å². The van der Waals surface area contributed by atoms with Crippen LogP contribution >= 0.6 is 0 Å². The fourth-order valence-electron chi connectivity index (χ4n) is 3.13. The Morgan fingerprint density at radius 1 is 1.14 bits per heavy atom. The molecule has 0 bridgehead atoms. The van der Waals surface area contributed by atoms with E-state index >= 15 is 0 Å². The maximum absolute atomic E-state index is 11.9. The Balaban J connectivity index is 1.68. The van der Waals surface area contributed by atoms with Gasteiger partial charge in [0, 0.05) is 12.6 Å². The molecule has 0 aliphatic heterocycles. The fourth-order valence-corrected chi connectivity index (χ4v) is 3.13. The van der Waals surface area contributed by atoms with Gasteiger partial charge in [0.15, 0.2) is 0 Å². The fraction of sp³-hybridized carbons (Fsp3) is 0.941. The Bertz CT molecular complexity index is 328. The van der Waals surface area contributed by atoms with Gasteiger partial charge in [-0.15, -0.1) is 0 Å². The molecule has 2 fully saturated rings. The highest BCUT2D eigenvalue weighted by Gasteiger charge is 2.33. The summed E-state index contributed by atoms with van der Waals surface area (Å²) in [6.07, 6.45) is 9.07. The molecule has 1 atom stereocenters. The topological polar surface area (TPSA) is 50.4 Å². The molecule has 2 N–H and O–H groups in total. The van der Waals surface area contributed by atoms with Gasteiger partial charge in [0.25, 0.3) is 0 Å². The predicted octanol–water partition coefficient (Wildman–Crippen LogP) is 3.46. The number of hydrogen-bond acceptors (Lipinski definition) is 3. The number of carbonyl (C=O) groups excluding carboxylic acids is 1. The summed E-state index contributed by atoms with van der Waals surface area (Å²) in [7, 11) is 0. The van der Waals surface area contributed by atoms with E-state index in [1.54, 1.807) is 0 Å². The summed E-state index contributed by atoms with van der Waals surface area (Å²) in [5.74, 6) is 1.47. The second kappa shape index (κ2) is 7.48. The second-order valence-electron chi connectivity index (χ2n) is 7.75. The second-order valence-corrected chi connectivity index (χ2v) is 7.75. The lowest BCUT2D eigenvalue weighted by Gasteiger charge is -2.26. The summed E-state index contributed by atoms with van der Waals surface area (Å²) < 4.78 is 5.36. The van der Waals surface area contributed by atoms with Gasteiger partial charge < -0.3 is 15.4 Å². The third-order valence-electron chi connectivity index (χ3n) is 4.42. The first-order chi connectivity index (χ1) is 9.94. The minimum atomic E-state index is -0.423. The number of hydrogen-bond donors (Lipinski definition) is 2. The summed E-state index contributed by atoms with van der Waals surface area (Å²) in [6, 6.07) is 0.225. The van der Waals surface area contributed by atoms with E-state index in [-0.39, 0.29) is 12.1 Å². The van der Waals surface area contributed by atoms with E-state index in [0.29, 0.717) is 5.92 Å². The Hall–Kier alpha value is -0.770. The monoisotopic (exact) mass is 296 g/mol. The van der Waals surface area contributed by atoms with Crippen molar-refractivity contribution in [1.82, 2.24) is 10.6 Å². The van der Waals surface area contributed by atoms with E-state index in [1.165, 1.54) is 44.9 Å². The van der Waals surface area contributed by atoms with E-state index in [0.717, 1.165) is 19.0 Å². The molecule has 0 saturated heterocycles. The lowest BCUT2D eigenvalue weighted by Crippen LogP contribution is -2.46. The van der Waals surface area contributed by atoms with Crippen LogP contribution in [0.1, 0.15) is 65.7 Å². The number of ether oxygens (including phenoxy) is 1. The minimum Gasteiger partial charge on any atom is -0.444 e. The van der Waals surface area contributed by atoms with Crippen molar-refractivity contribution in [2.75, 3.05) is 13.1 Å². The van der Waals surface area contributed by atoms with E-state index in [1.807, 2.05) is 20.8 Å². The van der Waals surface area contributed by atoms with Crippen molar-refractivity contribution in [2.45, 2.75) is 77.4 Å². The number of carbonyl (C=O) groups is 1. The zero-order chi connectivity index (χ0) is 15.3. The van der Waals surface area contributed by atoms with Gasteiger partial charge >= 0.3 is 6.09 Å². The van der Waals surface area contributed by atoms with E-state index in [9.17, 15) is 4.79 Å². The van der Waals surface area contributed by atoms with E-state index < -0.39 is 5.60 Å². The van der Waals surface area contributed by atoms with Crippen molar-refractivity contribution in [2.24, 2.45) is 11.8 Å². The number of alkyl carbamates (subject to hydrolysis) is 1. The third kappa shape index (κ3) is 6.68. The first-order valence-corrected chi connectivity index (χ1v) is 8.64. The molecule has 1 amide bonds. The molecule has 4 nitrogen and oxygen atoms in total. The van der Waals surface area contributed by atoms with Crippen LogP contribution in [-0.2, 0) is 4.74 Å². The van der Waals surface area contributed by atoms with Crippen LogP contribution in [0.3, 0.4) is 0 Å². The van der Waals surface area contributed by atoms with Crippen molar-refractivity contribution >= 4 is 6.09 Å². The summed E-state index contributed by atoms with van der Waals surface area (Å²) >= 11 is 0. The van der Waals surface area contributed by atoms with Gasteiger partial charge in [-0.1, -0.05) is 19.3 Å². The average molecular weight is 296 g/mol. The van der Waals surface area contributed by atoms with E-state index in [2.05, 4.69) is 10.6 Å². The highest BCUT2D eigenvalue weighted by molar-refractivity contribution is 5.68. The molecule has 21 heavy (non-hydrogen) atoms. The molecule has 122 valence electrons. The SMILES string of the molecule is CC(C)(C)OC(=O)NC(CNCC1CCCCC1)C1CC1. The maximum atomic E-state index is 11.9. The van der Waals surface area contributed by atoms with Crippen LogP contribution in [0, 0.1) is 11.8 Å². The summed E-state index contributed by atoms with van der Waals surface area (Å²) in [5, 5.41) is 6.62. The predicted molar refractivity (Wildman–Crippen MR) is 85.3 cm³/mol. The molecule has 0 aromatic carbocycles. The van der Waals surface area contributed by atoms with E-state index in [4.69, 9.17) is 4.74 Å². The molecule has 2 aliphatic carbocycles. The Kier molecular flexibility index (Phi) is 5.91. The molecule has 0 aromatic heterocycles. The normalized spacial score (nSPS) is 21.9. The van der Waals surface area contributed by atoms with Crippen LogP contribution in [0.15, 0.2) is 0 Å². The molecule has 1 unspecified atom stereocenters. The smallest absolute Gasteiger partial charge is 0.407 e. The highest BCUT2D eigenvalue weighted by atomic mass is 16.6.